The van der Waals surface area contributed by atoms with E-state index < -0.39 is 0 Å². The fourth-order valence-electron chi connectivity index (χ4n) is 3.43. The van der Waals surface area contributed by atoms with Crippen molar-refractivity contribution < 1.29 is 23.5 Å². The van der Waals surface area contributed by atoms with E-state index in [1.807, 2.05) is 60.5 Å². The fraction of sp³-hybridized carbons (Fsp3) is 0.250. The van der Waals surface area contributed by atoms with Gasteiger partial charge in [-0.25, -0.2) is 0 Å². The van der Waals surface area contributed by atoms with Crippen LogP contribution in [0.1, 0.15) is 5.56 Å². The summed E-state index contributed by atoms with van der Waals surface area (Å²) < 4.78 is 30.6. The predicted octanol–water partition coefficient (Wildman–Crippen LogP) is 5.01. The Morgan fingerprint density at radius 1 is 0.912 bits per heavy atom. The van der Waals surface area contributed by atoms with E-state index in [-0.39, 0.29) is 0 Å². The number of methoxy groups -OCH3 is 4. The van der Waals surface area contributed by atoms with Crippen LogP contribution in [-0.4, -0.2) is 45.6 Å². The number of fused-ring (bicyclic) bond motifs is 1. The van der Waals surface area contributed by atoms with Gasteiger partial charge in [0, 0.05) is 19.7 Å². The molecule has 0 aliphatic carbocycles. The summed E-state index contributed by atoms with van der Waals surface area (Å²) in [5, 5.41) is 4.81. The number of aromatic nitrogens is 2. The Kier molecular flexibility index (Phi) is 7.17. The molecule has 0 atom stereocenters. The van der Waals surface area contributed by atoms with Crippen molar-refractivity contribution >= 4 is 34.7 Å². The van der Waals surface area contributed by atoms with E-state index >= 15 is 0 Å². The molecule has 0 amide bonds. The molecule has 34 heavy (non-hydrogen) atoms. The first-order chi connectivity index (χ1) is 16.6. The van der Waals surface area contributed by atoms with E-state index in [0.29, 0.717) is 46.5 Å². The summed E-state index contributed by atoms with van der Waals surface area (Å²) in [7, 11) is 8.44. The van der Waals surface area contributed by atoms with E-state index in [1.165, 1.54) is 11.9 Å². The molecule has 0 radical (unpaired) electrons. The van der Waals surface area contributed by atoms with Crippen molar-refractivity contribution in [3.05, 3.63) is 54.1 Å². The van der Waals surface area contributed by atoms with Gasteiger partial charge >= 0.3 is 0 Å². The van der Waals surface area contributed by atoms with Gasteiger partial charge < -0.3 is 33.1 Å². The van der Waals surface area contributed by atoms with Gasteiger partial charge in [0.15, 0.2) is 5.82 Å². The molecular weight excluding hydrogens is 456 g/mol. The minimum Gasteiger partial charge on any atom is -0.497 e. The Hall–Kier alpha value is -3.79. The molecule has 1 N–H and O–H groups in total. The number of anilines is 2. The van der Waals surface area contributed by atoms with Crippen LogP contribution in [-0.2, 0) is 6.54 Å². The van der Waals surface area contributed by atoms with Crippen molar-refractivity contribution in [1.29, 1.82) is 0 Å². The minimum absolute atomic E-state index is 0.367. The third-order valence-corrected chi connectivity index (χ3v) is 6.12. The summed E-state index contributed by atoms with van der Waals surface area (Å²) in [5.74, 6) is 3.95. The van der Waals surface area contributed by atoms with Gasteiger partial charge in [0.05, 0.1) is 28.4 Å². The van der Waals surface area contributed by atoms with Crippen LogP contribution in [0.3, 0.4) is 0 Å². The zero-order valence-corrected chi connectivity index (χ0v) is 20.4. The minimum atomic E-state index is 0.367. The van der Waals surface area contributed by atoms with E-state index in [2.05, 4.69) is 14.9 Å². The van der Waals surface area contributed by atoms with Crippen molar-refractivity contribution in [2.45, 2.75) is 11.4 Å². The van der Waals surface area contributed by atoms with E-state index in [4.69, 9.17) is 23.5 Å². The molecule has 0 saturated heterocycles. The third kappa shape index (κ3) is 4.76. The number of ether oxygens (including phenoxy) is 4. The number of benzene rings is 2. The third-order valence-electron chi connectivity index (χ3n) is 5.22. The lowest BCUT2D eigenvalue weighted by atomic mass is 10.2. The molecule has 9 nitrogen and oxygen atoms in total. The van der Waals surface area contributed by atoms with Crippen molar-refractivity contribution in [2.24, 2.45) is 0 Å². The highest BCUT2D eigenvalue weighted by molar-refractivity contribution is 8.00. The largest absolute Gasteiger partial charge is 0.497 e. The van der Waals surface area contributed by atoms with Crippen LogP contribution in [0.2, 0.25) is 0 Å². The molecule has 178 valence electrons. The Morgan fingerprint density at radius 3 is 2.21 bits per heavy atom. The van der Waals surface area contributed by atoms with Gasteiger partial charge in [-0.3, -0.25) is 0 Å². The lowest BCUT2D eigenvalue weighted by molar-refractivity contribution is 0.376. The molecule has 0 bridgehead atoms. The second kappa shape index (κ2) is 10.4. The molecule has 4 aromatic rings. The molecule has 0 fully saturated rings. The summed E-state index contributed by atoms with van der Waals surface area (Å²) in [6.45, 7) is 0.647. The van der Waals surface area contributed by atoms with Gasteiger partial charge in [-0.15, -0.1) is 0 Å². The number of pyridine rings is 1. The summed E-state index contributed by atoms with van der Waals surface area (Å²) in [5.41, 5.74) is 1.48. The Balaban J connectivity index is 1.58. The van der Waals surface area contributed by atoms with Gasteiger partial charge in [-0.1, -0.05) is 23.4 Å². The summed E-state index contributed by atoms with van der Waals surface area (Å²) in [6, 6.07) is 15.4. The first-order valence-corrected chi connectivity index (χ1v) is 11.2. The second-order valence-electron chi connectivity index (χ2n) is 7.29. The monoisotopic (exact) mass is 482 g/mol. The van der Waals surface area contributed by atoms with E-state index in [9.17, 15) is 0 Å². The number of hydrogen-bond acceptors (Lipinski definition) is 10. The fourth-order valence-corrected chi connectivity index (χ4v) is 4.28. The van der Waals surface area contributed by atoms with Crippen LogP contribution < -0.4 is 28.6 Å². The highest BCUT2D eigenvalue weighted by Gasteiger charge is 2.20. The van der Waals surface area contributed by atoms with Crippen LogP contribution in [0.25, 0.3) is 11.1 Å². The topological polar surface area (TPSA) is 91.1 Å². The Bertz CT molecular complexity index is 1240. The maximum Gasteiger partial charge on any atom is 0.265 e. The van der Waals surface area contributed by atoms with Crippen LogP contribution in [0.5, 0.6) is 23.0 Å². The quantitative estimate of drug-likeness (QED) is 0.311. The molecule has 0 aliphatic heterocycles. The van der Waals surface area contributed by atoms with Gasteiger partial charge in [-0.05, 0) is 41.8 Å². The molecule has 0 spiro atoms. The van der Waals surface area contributed by atoms with Crippen LogP contribution in [0.4, 0.5) is 11.6 Å². The molecular formula is C24H26N4O5S. The van der Waals surface area contributed by atoms with Gasteiger partial charge in [0.1, 0.15) is 39.1 Å². The highest BCUT2D eigenvalue weighted by atomic mass is 32.2. The molecule has 0 aliphatic rings. The molecule has 10 heteroatoms. The lowest BCUT2D eigenvalue weighted by Gasteiger charge is -2.19. The van der Waals surface area contributed by atoms with Crippen molar-refractivity contribution in [3.8, 4) is 23.0 Å². The average Bonchev–Trinajstić information content (AvgIpc) is 3.30. The zero-order chi connectivity index (χ0) is 24.1. The summed E-state index contributed by atoms with van der Waals surface area (Å²) >= 11 is 1.30. The van der Waals surface area contributed by atoms with Crippen LogP contribution in [0, 0.1) is 0 Å². The normalized spacial score (nSPS) is 10.7. The van der Waals surface area contributed by atoms with Crippen molar-refractivity contribution in [1.82, 2.24) is 10.1 Å². The summed E-state index contributed by atoms with van der Waals surface area (Å²) in [4.78, 5) is 7.44. The van der Waals surface area contributed by atoms with Crippen LogP contribution >= 0.6 is 11.9 Å². The van der Waals surface area contributed by atoms with Gasteiger partial charge in [-0.2, -0.15) is 4.98 Å². The standard InChI is InChI=1S/C24H26N4O5S/c1-28(14-15-9-11-16(29-2)12-10-15)20-13-19(32-5)21-23(26-33-24(21)25-20)27-34-22-17(30-3)7-6-8-18(22)31-4/h6-13H,14H2,1-5H3,(H,26,27). The highest BCUT2D eigenvalue weighted by Crippen LogP contribution is 2.40. The molecule has 0 saturated carbocycles. The Labute approximate surface area is 202 Å². The molecule has 0 unspecified atom stereocenters. The van der Waals surface area contributed by atoms with E-state index in [0.717, 1.165) is 16.2 Å². The molecule has 4 rings (SSSR count). The maximum atomic E-state index is 5.66. The first kappa shape index (κ1) is 23.4. The smallest absolute Gasteiger partial charge is 0.265 e. The Morgan fingerprint density at radius 2 is 1.59 bits per heavy atom. The SMILES string of the molecule is COc1ccc(CN(C)c2cc(OC)c3c(NSc4c(OC)cccc4OC)noc3n2)cc1. The average molecular weight is 483 g/mol. The number of nitrogens with one attached hydrogen (secondary N) is 1. The van der Waals surface area contributed by atoms with Crippen molar-refractivity contribution in [2.75, 3.05) is 45.1 Å². The molecule has 2 heterocycles. The summed E-state index contributed by atoms with van der Waals surface area (Å²) in [6.07, 6.45) is 0. The number of nitrogens with zero attached hydrogens (tertiary/aromatic N) is 3. The maximum absolute atomic E-state index is 5.66. The first-order valence-electron chi connectivity index (χ1n) is 10.4. The molecule has 2 aromatic heterocycles. The van der Waals surface area contributed by atoms with Gasteiger partial charge in [0.25, 0.3) is 5.71 Å². The zero-order valence-electron chi connectivity index (χ0n) is 19.6. The van der Waals surface area contributed by atoms with Crippen molar-refractivity contribution in [3.63, 3.8) is 0 Å². The predicted molar refractivity (Wildman–Crippen MR) is 132 cm³/mol. The van der Waals surface area contributed by atoms with Crippen LogP contribution in [0.15, 0.2) is 57.9 Å². The second-order valence-corrected chi connectivity index (χ2v) is 8.11. The molecule has 2 aromatic carbocycles. The number of rotatable bonds is 10. The van der Waals surface area contributed by atoms with E-state index in [1.54, 1.807) is 28.4 Å². The number of hydrogen-bond donors (Lipinski definition) is 1. The van der Waals surface area contributed by atoms with Gasteiger partial charge in [0.2, 0.25) is 0 Å². The lowest BCUT2D eigenvalue weighted by Crippen LogP contribution is -2.17.